The van der Waals surface area contributed by atoms with Crippen molar-refractivity contribution in [3.05, 3.63) is 71.4 Å². The van der Waals surface area contributed by atoms with Crippen molar-refractivity contribution < 1.29 is 32.2 Å². The molecule has 0 unspecified atom stereocenters. The van der Waals surface area contributed by atoms with Crippen LogP contribution >= 0.6 is 11.3 Å². The second-order valence-corrected chi connectivity index (χ2v) is 12.8. The maximum Gasteiger partial charge on any atom is 0.323 e. The molecule has 0 bridgehead atoms. The summed E-state index contributed by atoms with van der Waals surface area (Å²) in [7, 11) is -2.32. The highest BCUT2D eigenvalue weighted by molar-refractivity contribution is 7.91. The third-order valence-corrected chi connectivity index (χ3v) is 9.83. The number of halogens is 1. The van der Waals surface area contributed by atoms with Crippen LogP contribution < -0.4 is 15.4 Å². The number of carbonyl (C=O) groups excluding carboxylic acids is 2. The molecule has 4 rings (SSSR count). The summed E-state index contributed by atoms with van der Waals surface area (Å²) in [6, 6.07) is 11.9. The molecule has 0 spiro atoms. The zero-order chi connectivity index (χ0) is 29.0. The van der Waals surface area contributed by atoms with E-state index >= 15 is 0 Å². The number of rotatable bonds is 8. The van der Waals surface area contributed by atoms with Crippen LogP contribution in [0.2, 0.25) is 0 Å². The average molecular weight is 591 g/mol. The summed E-state index contributed by atoms with van der Waals surface area (Å²) in [5, 5.41) is 16.8. The van der Waals surface area contributed by atoms with Crippen molar-refractivity contribution in [2.24, 2.45) is 5.92 Å². The molecule has 1 aromatic heterocycles. The minimum Gasteiger partial charge on any atom is -0.486 e. The van der Waals surface area contributed by atoms with Crippen LogP contribution in [0.4, 0.5) is 20.6 Å². The van der Waals surface area contributed by atoms with Gasteiger partial charge in [0.1, 0.15) is 16.1 Å². The summed E-state index contributed by atoms with van der Waals surface area (Å²) in [5.74, 6) is -1.12. The normalized spacial score (nSPS) is 18.4. The van der Waals surface area contributed by atoms with E-state index in [0.29, 0.717) is 5.69 Å². The van der Waals surface area contributed by atoms with Gasteiger partial charge >= 0.3 is 6.03 Å². The second kappa shape index (κ2) is 12.3. The van der Waals surface area contributed by atoms with Crippen molar-refractivity contribution in [2.75, 3.05) is 37.4 Å². The minimum atomic E-state index is -3.78. The third-order valence-electron chi connectivity index (χ3n) is 6.64. The first-order valence-corrected chi connectivity index (χ1v) is 14.9. The lowest BCUT2D eigenvalue weighted by atomic mass is 9.99. The van der Waals surface area contributed by atoms with Gasteiger partial charge in [-0.05, 0) is 54.8 Å². The van der Waals surface area contributed by atoms with Crippen LogP contribution in [0.15, 0.2) is 64.2 Å². The lowest BCUT2D eigenvalue weighted by Crippen LogP contribution is -2.50. The molecule has 1 aliphatic heterocycles. The summed E-state index contributed by atoms with van der Waals surface area (Å²) >= 11 is 1.11. The Morgan fingerprint density at radius 1 is 1.20 bits per heavy atom. The van der Waals surface area contributed by atoms with Crippen LogP contribution in [-0.2, 0) is 10.0 Å². The predicted molar refractivity (Wildman–Crippen MR) is 151 cm³/mol. The van der Waals surface area contributed by atoms with Crippen LogP contribution in [0.3, 0.4) is 0 Å². The number of fused-ring (bicyclic) bond motifs is 1. The van der Waals surface area contributed by atoms with Crippen molar-refractivity contribution in [2.45, 2.75) is 30.2 Å². The van der Waals surface area contributed by atoms with Crippen LogP contribution in [-0.4, -0.2) is 73.6 Å². The number of amides is 3. The van der Waals surface area contributed by atoms with E-state index in [9.17, 15) is 27.5 Å². The molecule has 0 saturated carbocycles. The number of aliphatic hydroxyl groups is 1. The molecule has 0 saturated heterocycles. The van der Waals surface area contributed by atoms with E-state index in [2.05, 4.69) is 10.6 Å². The standard InChI is InChI=1S/C27H31FN4O6S2/c1-17-14-32(18(2)16-33)26(34)21-6-4-7-22(30-27(35)29-20-11-9-19(28)10-12-20)25(21)38-23(17)15-31(3)40(36,37)24-8-5-13-39-24/h4-13,17-18,23,33H,14-16H2,1-3H3,(H2,29,30,35)/t17-,18+,23-/m1/s1. The fraction of sp³-hybridized carbons (Fsp3) is 0.333. The molecule has 1 aliphatic rings. The number of hydrogen-bond acceptors (Lipinski definition) is 7. The number of sulfonamides is 1. The largest absolute Gasteiger partial charge is 0.486 e. The Bertz CT molecular complexity index is 1450. The van der Waals surface area contributed by atoms with Crippen molar-refractivity contribution in [1.82, 2.24) is 9.21 Å². The smallest absolute Gasteiger partial charge is 0.323 e. The fourth-order valence-corrected chi connectivity index (χ4v) is 6.68. The summed E-state index contributed by atoms with van der Waals surface area (Å²) < 4.78 is 47.3. The van der Waals surface area contributed by atoms with Crippen molar-refractivity contribution in [3.63, 3.8) is 0 Å². The number of nitrogens with one attached hydrogen (secondary N) is 2. The zero-order valence-corrected chi connectivity index (χ0v) is 23.8. The molecule has 3 amide bonds. The maximum absolute atomic E-state index is 13.6. The number of nitrogens with zero attached hydrogens (tertiary/aromatic N) is 2. The van der Waals surface area contributed by atoms with E-state index in [-0.39, 0.29) is 46.8 Å². The number of likely N-dealkylation sites (N-methyl/N-ethyl adjacent to an activating group) is 1. The van der Waals surface area contributed by atoms with Gasteiger partial charge < -0.3 is 25.4 Å². The number of ether oxygens (including phenoxy) is 1. The first-order valence-electron chi connectivity index (χ1n) is 12.6. The summed E-state index contributed by atoms with van der Waals surface area (Å²) in [6.45, 7) is 3.45. The van der Waals surface area contributed by atoms with E-state index in [1.54, 1.807) is 36.6 Å². The molecule has 13 heteroatoms. The number of thiophene rings is 1. The molecular weight excluding hydrogens is 559 g/mol. The average Bonchev–Trinajstić information content (AvgIpc) is 3.48. The van der Waals surface area contributed by atoms with Crippen molar-refractivity contribution >= 4 is 44.7 Å². The van der Waals surface area contributed by atoms with Gasteiger partial charge in [-0.15, -0.1) is 11.3 Å². The van der Waals surface area contributed by atoms with Crippen molar-refractivity contribution in [1.29, 1.82) is 0 Å². The van der Waals surface area contributed by atoms with Gasteiger partial charge in [0, 0.05) is 25.2 Å². The number of para-hydroxylation sites is 1. The van der Waals surface area contributed by atoms with Gasteiger partial charge in [-0.2, -0.15) is 4.31 Å². The Hall–Kier alpha value is -3.52. The third kappa shape index (κ3) is 6.44. The molecule has 0 fully saturated rings. The number of urea groups is 1. The number of benzene rings is 2. The van der Waals surface area contributed by atoms with E-state index in [4.69, 9.17) is 4.74 Å². The molecule has 2 aromatic carbocycles. The molecule has 3 atom stereocenters. The van der Waals surface area contributed by atoms with Gasteiger partial charge in [-0.25, -0.2) is 17.6 Å². The number of anilines is 2. The number of aliphatic hydroxyl groups excluding tert-OH is 1. The van der Waals surface area contributed by atoms with E-state index in [1.807, 2.05) is 6.92 Å². The van der Waals surface area contributed by atoms with Gasteiger partial charge in [-0.1, -0.05) is 19.1 Å². The highest BCUT2D eigenvalue weighted by Crippen LogP contribution is 2.35. The predicted octanol–water partition coefficient (Wildman–Crippen LogP) is 4.07. The van der Waals surface area contributed by atoms with Gasteiger partial charge in [0.05, 0.1) is 30.4 Å². The first-order chi connectivity index (χ1) is 19.0. The zero-order valence-electron chi connectivity index (χ0n) is 22.2. The van der Waals surface area contributed by atoms with Crippen LogP contribution in [0.5, 0.6) is 5.75 Å². The van der Waals surface area contributed by atoms with E-state index < -0.39 is 39.9 Å². The fourth-order valence-electron chi connectivity index (χ4n) is 4.29. The second-order valence-electron chi connectivity index (χ2n) is 9.61. The summed E-state index contributed by atoms with van der Waals surface area (Å²) in [6.07, 6.45) is -0.719. The van der Waals surface area contributed by atoms with Gasteiger partial charge in [0.25, 0.3) is 15.9 Å². The topological polar surface area (TPSA) is 128 Å². The molecule has 10 nitrogen and oxygen atoms in total. The molecule has 0 aliphatic carbocycles. The molecule has 214 valence electrons. The molecule has 40 heavy (non-hydrogen) atoms. The first kappa shape index (κ1) is 29.5. The molecule has 2 heterocycles. The van der Waals surface area contributed by atoms with Gasteiger partial charge in [-0.3, -0.25) is 4.79 Å². The maximum atomic E-state index is 13.6. The summed E-state index contributed by atoms with van der Waals surface area (Å²) in [5.41, 5.74) is 0.690. The Labute approximate surface area is 236 Å². The van der Waals surface area contributed by atoms with E-state index in [0.717, 1.165) is 11.3 Å². The Kier molecular flexibility index (Phi) is 9.08. The molecule has 0 radical (unpaired) electrons. The van der Waals surface area contributed by atoms with Crippen molar-refractivity contribution in [3.8, 4) is 5.75 Å². The van der Waals surface area contributed by atoms with E-state index in [1.165, 1.54) is 46.6 Å². The summed E-state index contributed by atoms with van der Waals surface area (Å²) in [4.78, 5) is 27.9. The lowest BCUT2D eigenvalue weighted by Gasteiger charge is -2.38. The van der Waals surface area contributed by atoms with Crippen LogP contribution in [0.25, 0.3) is 0 Å². The Morgan fingerprint density at radius 2 is 1.93 bits per heavy atom. The van der Waals surface area contributed by atoms with Gasteiger partial charge in [0.15, 0.2) is 5.75 Å². The number of hydrogen-bond donors (Lipinski definition) is 3. The molecule has 3 aromatic rings. The van der Waals surface area contributed by atoms with Gasteiger partial charge in [0.2, 0.25) is 0 Å². The monoisotopic (exact) mass is 590 g/mol. The quantitative estimate of drug-likeness (QED) is 0.363. The Morgan fingerprint density at radius 3 is 2.58 bits per heavy atom. The highest BCUT2D eigenvalue weighted by Gasteiger charge is 2.36. The SMILES string of the molecule is C[C@@H]1CN([C@@H](C)CO)C(=O)c2cccc(NC(=O)Nc3ccc(F)cc3)c2O[C@@H]1CN(C)S(=O)(=O)c1cccs1. The minimum absolute atomic E-state index is 0.0352. The molecule has 3 N–H and O–H groups in total. The van der Waals surface area contributed by atoms with Crippen LogP contribution in [0.1, 0.15) is 24.2 Å². The molecular formula is C27H31FN4O6S2. The van der Waals surface area contributed by atoms with Crippen LogP contribution in [0, 0.1) is 11.7 Å². The number of carbonyl (C=O) groups is 2. The Balaban J connectivity index is 1.68. The lowest BCUT2D eigenvalue weighted by molar-refractivity contribution is 0.0389. The highest BCUT2D eigenvalue weighted by atomic mass is 32.2.